The van der Waals surface area contributed by atoms with Crippen LogP contribution in [0, 0.1) is 28.8 Å². The number of nitrogens with one attached hydrogen (secondary N) is 2. The van der Waals surface area contributed by atoms with Gasteiger partial charge in [0, 0.05) is 18.2 Å². The highest BCUT2D eigenvalue weighted by atomic mass is 16.5. The minimum atomic E-state index is -0.447. The van der Waals surface area contributed by atoms with Crippen molar-refractivity contribution in [3.63, 3.8) is 0 Å². The molecule has 0 amide bonds. The summed E-state index contributed by atoms with van der Waals surface area (Å²) in [5.41, 5.74) is 0.0633. The molecule has 25 heavy (non-hydrogen) atoms. The fraction of sp³-hybridized carbons (Fsp3) is 0.333. The molecule has 1 saturated carbocycles. The van der Waals surface area contributed by atoms with E-state index in [0.29, 0.717) is 29.6 Å². The van der Waals surface area contributed by atoms with Crippen LogP contribution >= 0.6 is 0 Å². The van der Waals surface area contributed by atoms with Gasteiger partial charge in [-0.3, -0.25) is 4.79 Å². The summed E-state index contributed by atoms with van der Waals surface area (Å²) in [4.78, 5) is 19.4. The molecule has 1 aromatic heterocycles. The highest BCUT2D eigenvalue weighted by Crippen LogP contribution is 2.27. The van der Waals surface area contributed by atoms with Gasteiger partial charge >= 0.3 is 0 Å². The number of aromatic amines is 1. The third kappa shape index (κ3) is 3.96. The lowest BCUT2D eigenvalue weighted by atomic mass is 10.0. The number of ether oxygens (including phenoxy) is 1. The van der Waals surface area contributed by atoms with Crippen LogP contribution in [-0.4, -0.2) is 9.97 Å². The van der Waals surface area contributed by atoms with Crippen LogP contribution in [0.25, 0.3) is 0 Å². The van der Waals surface area contributed by atoms with Crippen molar-refractivity contribution in [2.75, 3.05) is 5.32 Å². The fourth-order valence-corrected chi connectivity index (χ4v) is 3.13. The average Bonchev–Trinajstić information content (AvgIpc) is 3.08. The van der Waals surface area contributed by atoms with Crippen LogP contribution in [0.15, 0.2) is 29.1 Å². The molecular formula is C18H17N5O2. The van der Waals surface area contributed by atoms with E-state index in [1.807, 2.05) is 6.07 Å². The van der Waals surface area contributed by atoms with Crippen LogP contribution in [0.1, 0.15) is 37.1 Å². The number of nitrogens with zero attached hydrogens (tertiary/aromatic N) is 3. The fourth-order valence-electron chi connectivity index (χ4n) is 3.13. The molecule has 0 aliphatic heterocycles. The topological polar surface area (TPSA) is 115 Å². The van der Waals surface area contributed by atoms with E-state index in [1.165, 1.54) is 12.8 Å². The van der Waals surface area contributed by atoms with E-state index >= 15 is 0 Å². The smallest absolute Gasteiger partial charge is 0.292 e. The second-order valence-corrected chi connectivity index (χ2v) is 6.05. The second-order valence-electron chi connectivity index (χ2n) is 6.05. The van der Waals surface area contributed by atoms with Crippen molar-refractivity contribution in [3.8, 4) is 18.1 Å². The molecule has 0 radical (unpaired) electrons. The Hall–Kier alpha value is -3.32. The standard InChI is InChI=1S/C18H17N5O2/c19-10-15-17(21-13-6-3-7-14(9-13)25-11-20)22-16(23-18(15)24)8-12-4-1-2-5-12/h3,6-7,9,12H,1-2,4-5,8H2,(H2,21,22,23,24). The number of benzene rings is 1. The van der Waals surface area contributed by atoms with Crippen molar-refractivity contribution in [1.82, 2.24) is 9.97 Å². The van der Waals surface area contributed by atoms with Crippen molar-refractivity contribution in [3.05, 3.63) is 46.0 Å². The third-order valence-electron chi connectivity index (χ3n) is 4.30. The molecule has 1 aliphatic carbocycles. The Bertz CT molecular complexity index is 901. The van der Waals surface area contributed by atoms with Crippen molar-refractivity contribution in [2.24, 2.45) is 5.92 Å². The summed E-state index contributed by atoms with van der Waals surface area (Å²) < 4.78 is 4.79. The van der Waals surface area contributed by atoms with Crippen molar-refractivity contribution >= 4 is 11.5 Å². The van der Waals surface area contributed by atoms with E-state index in [9.17, 15) is 10.1 Å². The zero-order valence-corrected chi connectivity index (χ0v) is 13.6. The van der Waals surface area contributed by atoms with E-state index in [0.717, 1.165) is 12.8 Å². The number of anilines is 2. The lowest BCUT2D eigenvalue weighted by molar-refractivity contribution is 0.507. The zero-order chi connectivity index (χ0) is 17.6. The molecular weight excluding hydrogens is 318 g/mol. The van der Waals surface area contributed by atoms with E-state index in [1.54, 1.807) is 30.5 Å². The summed E-state index contributed by atoms with van der Waals surface area (Å²) in [5, 5.41) is 20.9. The monoisotopic (exact) mass is 335 g/mol. The molecule has 7 nitrogen and oxygen atoms in total. The van der Waals surface area contributed by atoms with Crippen LogP contribution in [-0.2, 0) is 6.42 Å². The first kappa shape index (κ1) is 16.5. The molecule has 1 heterocycles. The lowest BCUT2D eigenvalue weighted by Crippen LogP contribution is -2.19. The van der Waals surface area contributed by atoms with Gasteiger partial charge in [0.2, 0.25) is 0 Å². The molecule has 1 aromatic carbocycles. The summed E-state index contributed by atoms with van der Waals surface area (Å²) >= 11 is 0. The number of hydrogen-bond donors (Lipinski definition) is 2. The summed E-state index contributed by atoms with van der Waals surface area (Å²) in [6.45, 7) is 0. The maximum Gasteiger partial charge on any atom is 0.292 e. The zero-order valence-electron chi connectivity index (χ0n) is 13.6. The van der Waals surface area contributed by atoms with E-state index in [4.69, 9.17) is 10.00 Å². The van der Waals surface area contributed by atoms with Crippen LogP contribution in [0.3, 0.4) is 0 Å². The van der Waals surface area contributed by atoms with Crippen LogP contribution in [0.5, 0.6) is 5.75 Å². The first-order valence-corrected chi connectivity index (χ1v) is 8.16. The van der Waals surface area contributed by atoms with Gasteiger partial charge in [-0.25, -0.2) is 4.98 Å². The van der Waals surface area contributed by atoms with E-state index in [-0.39, 0.29) is 11.4 Å². The number of aromatic nitrogens is 2. The van der Waals surface area contributed by atoms with Gasteiger partial charge < -0.3 is 15.0 Å². The second kappa shape index (κ2) is 7.50. The Morgan fingerprint density at radius 2 is 2.12 bits per heavy atom. The van der Waals surface area contributed by atoms with Gasteiger partial charge in [-0.1, -0.05) is 31.7 Å². The minimum Gasteiger partial charge on any atom is -0.388 e. The first-order chi connectivity index (χ1) is 12.2. The molecule has 0 spiro atoms. The number of rotatable bonds is 5. The van der Waals surface area contributed by atoms with Crippen molar-refractivity contribution in [1.29, 1.82) is 10.5 Å². The highest BCUT2D eigenvalue weighted by Gasteiger charge is 2.18. The Morgan fingerprint density at radius 3 is 2.84 bits per heavy atom. The van der Waals surface area contributed by atoms with Gasteiger partial charge in [-0.2, -0.15) is 5.26 Å². The van der Waals surface area contributed by atoms with Crippen LogP contribution in [0.2, 0.25) is 0 Å². The van der Waals surface area contributed by atoms with E-state index < -0.39 is 5.56 Å². The van der Waals surface area contributed by atoms with Crippen LogP contribution in [0.4, 0.5) is 11.5 Å². The molecule has 7 heteroatoms. The summed E-state index contributed by atoms with van der Waals surface area (Å²) in [7, 11) is 0. The Balaban J connectivity index is 1.89. The molecule has 1 aliphatic rings. The molecule has 0 bridgehead atoms. The number of nitriles is 2. The quantitative estimate of drug-likeness (QED) is 0.812. The maximum absolute atomic E-state index is 12.2. The van der Waals surface area contributed by atoms with Gasteiger partial charge in [-0.05, 0) is 18.1 Å². The minimum absolute atomic E-state index is 0.0678. The summed E-state index contributed by atoms with van der Waals surface area (Å²) in [6.07, 6.45) is 7.01. The predicted octanol–water partition coefficient (Wildman–Crippen LogP) is 2.98. The molecule has 126 valence electrons. The Morgan fingerprint density at radius 1 is 1.32 bits per heavy atom. The van der Waals surface area contributed by atoms with Gasteiger partial charge in [0.1, 0.15) is 17.6 Å². The van der Waals surface area contributed by atoms with Gasteiger partial charge in [0.05, 0.1) is 0 Å². The van der Waals surface area contributed by atoms with Crippen molar-refractivity contribution < 1.29 is 4.74 Å². The van der Waals surface area contributed by atoms with Gasteiger partial charge in [0.15, 0.2) is 11.4 Å². The highest BCUT2D eigenvalue weighted by molar-refractivity contribution is 5.63. The largest absolute Gasteiger partial charge is 0.388 e. The molecule has 3 rings (SSSR count). The Kier molecular flexibility index (Phi) is 4.96. The summed E-state index contributed by atoms with van der Waals surface area (Å²) in [5.74, 6) is 1.69. The third-order valence-corrected chi connectivity index (χ3v) is 4.30. The van der Waals surface area contributed by atoms with E-state index in [2.05, 4.69) is 15.3 Å². The average molecular weight is 335 g/mol. The normalized spacial score (nSPS) is 13.8. The Labute approximate surface area is 144 Å². The molecule has 1 fully saturated rings. The molecule has 0 unspecified atom stereocenters. The lowest BCUT2D eigenvalue weighted by Gasteiger charge is -2.12. The number of hydrogen-bond acceptors (Lipinski definition) is 6. The number of H-pyrrole nitrogens is 1. The van der Waals surface area contributed by atoms with Crippen LogP contribution < -0.4 is 15.6 Å². The van der Waals surface area contributed by atoms with Gasteiger partial charge in [-0.15, -0.1) is 5.26 Å². The molecule has 2 N–H and O–H groups in total. The predicted molar refractivity (Wildman–Crippen MR) is 91.2 cm³/mol. The molecule has 2 aromatic rings. The molecule has 0 atom stereocenters. The summed E-state index contributed by atoms with van der Waals surface area (Å²) in [6, 6.07) is 8.57. The maximum atomic E-state index is 12.2. The molecule has 0 saturated heterocycles. The van der Waals surface area contributed by atoms with Gasteiger partial charge in [0.25, 0.3) is 11.8 Å². The SMILES string of the molecule is N#COc1cccc(Nc2nc(CC3CCCC3)[nH]c(=O)c2C#N)c1. The van der Waals surface area contributed by atoms with Crippen molar-refractivity contribution in [2.45, 2.75) is 32.1 Å². The first-order valence-electron chi connectivity index (χ1n) is 8.16.